The van der Waals surface area contributed by atoms with Gasteiger partial charge in [-0.15, -0.1) is 0 Å². The van der Waals surface area contributed by atoms with Crippen LogP contribution in [0.3, 0.4) is 0 Å². The molecule has 0 saturated heterocycles. The van der Waals surface area contributed by atoms with Crippen LogP contribution in [0.25, 0.3) is 0 Å². The maximum absolute atomic E-state index is 5.67. The summed E-state index contributed by atoms with van der Waals surface area (Å²) < 4.78 is 0. The molecule has 0 fully saturated rings. The molecule has 1 aromatic rings. The molecule has 0 aliphatic carbocycles. The monoisotopic (exact) mass is 194 g/mol. The lowest BCUT2D eigenvalue weighted by molar-refractivity contribution is 0.563. The first-order valence-corrected chi connectivity index (χ1v) is 4.89. The minimum Gasteiger partial charge on any atom is -0.329 e. The highest BCUT2D eigenvalue weighted by atomic mass is 14.9. The number of nitrogens with two attached hydrogens (primary N) is 2. The summed E-state index contributed by atoms with van der Waals surface area (Å²) in [5.74, 6) is 0. The Morgan fingerprint density at radius 1 is 1.43 bits per heavy atom. The predicted octanol–water partition coefficient (Wildman–Crippen LogP) is -0.153. The van der Waals surface area contributed by atoms with Gasteiger partial charge < -0.3 is 16.8 Å². The van der Waals surface area contributed by atoms with Crippen LogP contribution in [0.1, 0.15) is 12.1 Å². The molecule has 78 valence electrons. The Morgan fingerprint density at radius 3 is 2.93 bits per heavy atom. The number of pyridine rings is 1. The average molecular weight is 194 g/mol. The van der Waals surface area contributed by atoms with E-state index in [9.17, 15) is 0 Å². The summed E-state index contributed by atoms with van der Waals surface area (Å²) in [6.07, 6.45) is 2.70. The number of hydrogen-bond acceptors (Lipinski definition) is 4. The van der Waals surface area contributed by atoms with E-state index in [0.717, 1.165) is 25.2 Å². The Balaban J connectivity index is 2.10. The van der Waals surface area contributed by atoms with Gasteiger partial charge in [0.25, 0.3) is 0 Å². The summed E-state index contributed by atoms with van der Waals surface area (Å²) in [5.41, 5.74) is 12.1. The van der Waals surface area contributed by atoms with E-state index in [1.54, 1.807) is 6.20 Å². The molecule has 0 saturated carbocycles. The van der Waals surface area contributed by atoms with Crippen LogP contribution in [-0.4, -0.2) is 24.1 Å². The third-order valence-electron chi connectivity index (χ3n) is 2.03. The summed E-state index contributed by atoms with van der Waals surface area (Å²) in [6.45, 7) is 2.22. The molecule has 1 rings (SSSR count). The smallest absolute Gasteiger partial charge is 0.0541 e. The highest BCUT2D eigenvalue weighted by Gasteiger charge is 1.98. The van der Waals surface area contributed by atoms with Crippen molar-refractivity contribution in [1.82, 2.24) is 10.3 Å². The van der Waals surface area contributed by atoms with Gasteiger partial charge in [-0.2, -0.15) is 0 Å². The molecule has 0 bridgehead atoms. The van der Waals surface area contributed by atoms with Crippen LogP contribution >= 0.6 is 0 Å². The zero-order valence-electron chi connectivity index (χ0n) is 8.32. The van der Waals surface area contributed by atoms with Crippen LogP contribution in [0.15, 0.2) is 24.4 Å². The van der Waals surface area contributed by atoms with E-state index in [-0.39, 0.29) is 6.04 Å². The lowest BCUT2D eigenvalue weighted by Gasteiger charge is -2.08. The standard InChI is InChI=1S/C10H18N4/c11-7-9(12)4-6-13-8-10-3-1-2-5-14-10/h1-3,5,9,13H,4,6-8,11-12H2. The molecular weight excluding hydrogens is 176 g/mol. The molecule has 1 unspecified atom stereocenters. The second-order valence-electron chi connectivity index (χ2n) is 3.28. The molecule has 0 spiro atoms. The molecule has 4 heteroatoms. The van der Waals surface area contributed by atoms with E-state index in [1.165, 1.54) is 0 Å². The number of nitrogens with zero attached hydrogens (tertiary/aromatic N) is 1. The maximum atomic E-state index is 5.67. The van der Waals surface area contributed by atoms with Crippen molar-refractivity contribution in [3.63, 3.8) is 0 Å². The summed E-state index contributed by atoms with van der Waals surface area (Å²) in [4.78, 5) is 4.20. The lowest BCUT2D eigenvalue weighted by atomic mass is 10.2. The van der Waals surface area contributed by atoms with Gasteiger partial charge in [-0.05, 0) is 25.1 Å². The number of aromatic nitrogens is 1. The Kier molecular flexibility index (Phi) is 5.14. The van der Waals surface area contributed by atoms with E-state index < -0.39 is 0 Å². The zero-order valence-corrected chi connectivity index (χ0v) is 8.32. The fraction of sp³-hybridized carbons (Fsp3) is 0.500. The molecule has 0 radical (unpaired) electrons. The van der Waals surface area contributed by atoms with Crippen molar-refractivity contribution in [3.05, 3.63) is 30.1 Å². The van der Waals surface area contributed by atoms with E-state index in [0.29, 0.717) is 6.54 Å². The van der Waals surface area contributed by atoms with Crippen LogP contribution in [-0.2, 0) is 6.54 Å². The van der Waals surface area contributed by atoms with Crippen molar-refractivity contribution in [2.75, 3.05) is 13.1 Å². The van der Waals surface area contributed by atoms with Gasteiger partial charge >= 0.3 is 0 Å². The number of nitrogens with one attached hydrogen (secondary N) is 1. The minimum absolute atomic E-state index is 0.103. The third-order valence-corrected chi connectivity index (χ3v) is 2.03. The minimum atomic E-state index is 0.103. The largest absolute Gasteiger partial charge is 0.329 e. The van der Waals surface area contributed by atoms with Crippen LogP contribution in [0.4, 0.5) is 0 Å². The molecule has 0 amide bonds. The maximum Gasteiger partial charge on any atom is 0.0541 e. The molecule has 0 aliphatic heterocycles. The molecule has 5 N–H and O–H groups in total. The molecule has 0 aromatic carbocycles. The summed E-state index contributed by atoms with van der Waals surface area (Å²) >= 11 is 0. The van der Waals surface area contributed by atoms with Crippen molar-refractivity contribution >= 4 is 0 Å². The second-order valence-corrected chi connectivity index (χ2v) is 3.28. The Bertz CT molecular complexity index is 237. The first kappa shape index (κ1) is 11.1. The van der Waals surface area contributed by atoms with Gasteiger partial charge in [0.2, 0.25) is 0 Å². The van der Waals surface area contributed by atoms with E-state index in [2.05, 4.69) is 10.3 Å². The molecule has 4 nitrogen and oxygen atoms in total. The van der Waals surface area contributed by atoms with Crippen molar-refractivity contribution in [3.8, 4) is 0 Å². The Morgan fingerprint density at radius 2 is 2.29 bits per heavy atom. The van der Waals surface area contributed by atoms with Crippen LogP contribution < -0.4 is 16.8 Å². The first-order valence-electron chi connectivity index (χ1n) is 4.89. The SMILES string of the molecule is NCC(N)CCNCc1ccccn1. The van der Waals surface area contributed by atoms with E-state index in [1.807, 2.05) is 18.2 Å². The predicted molar refractivity (Wildman–Crippen MR) is 57.6 cm³/mol. The van der Waals surface area contributed by atoms with Gasteiger partial charge in [0.05, 0.1) is 5.69 Å². The normalized spacial score (nSPS) is 12.7. The van der Waals surface area contributed by atoms with Gasteiger partial charge in [0.1, 0.15) is 0 Å². The number of hydrogen-bond donors (Lipinski definition) is 3. The molecule has 1 atom stereocenters. The van der Waals surface area contributed by atoms with Gasteiger partial charge in [-0.25, -0.2) is 0 Å². The van der Waals surface area contributed by atoms with Gasteiger partial charge in [-0.3, -0.25) is 4.98 Å². The topological polar surface area (TPSA) is 77.0 Å². The van der Waals surface area contributed by atoms with Gasteiger partial charge in [0, 0.05) is 25.3 Å². The third kappa shape index (κ3) is 4.32. The van der Waals surface area contributed by atoms with Crippen molar-refractivity contribution < 1.29 is 0 Å². The molecule has 1 aromatic heterocycles. The fourth-order valence-corrected chi connectivity index (χ4v) is 1.12. The highest BCUT2D eigenvalue weighted by Crippen LogP contribution is 1.92. The Labute approximate surface area is 84.7 Å². The molecule has 1 heterocycles. The van der Waals surface area contributed by atoms with Crippen LogP contribution in [0.2, 0.25) is 0 Å². The highest BCUT2D eigenvalue weighted by molar-refractivity contribution is 5.02. The van der Waals surface area contributed by atoms with Gasteiger partial charge in [-0.1, -0.05) is 6.07 Å². The van der Waals surface area contributed by atoms with E-state index >= 15 is 0 Å². The summed E-state index contributed by atoms with van der Waals surface area (Å²) in [7, 11) is 0. The van der Waals surface area contributed by atoms with Crippen molar-refractivity contribution in [1.29, 1.82) is 0 Å². The Hall–Kier alpha value is -0.970. The number of rotatable bonds is 6. The van der Waals surface area contributed by atoms with Crippen LogP contribution in [0.5, 0.6) is 0 Å². The van der Waals surface area contributed by atoms with Crippen LogP contribution in [0, 0.1) is 0 Å². The molecular formula is C10H18N4. The molecule has 14 heavy (non-hydrogen) atoms. The average Bonchev–Trinajstić information content (AvgIpc) is 2.25. The van der Waals surface area contributed by atoms with E-state index in [4.69, 9.17) is 11.5 Å². The fourth-order valence-electron chi connectivity index (χ4n) is 1.12. The molecule has 0 aliphatic rings. The van der Waals surface area contributed by atoms with Gasteiger partial charge in [0.15, 0.2) is 0 Å². The second kappa shape index (κ2) is 6.48. The van der Waals surface area contributed by atoms with Crippen molar-refractivity contribution in [2.45, 2.75) is 19.0 Å². The lowest BCUT2D eigenvalue weighted by Crippen LogP contribution is -2.33. The van der Waals surface area contributed by atoms with Crippen molar-refractivity contribution in [2.24, 2.45) is 11.5 Å². The summed E-state index contributed by atoms with van der Waals surface area (Å²) in [5, 5.41) is 3.27. The first-order chi connectivity index (χ1) is 6.83. The quantitative estimate of drug-likeness (QED) is 0.550. The zero-order chi connectivity index (χ0) is 10.2. The summed E-state index contributed by atoms with van der Waals surface area (Å²) in [6, 6.07) is 5.99.